The fourth-order valence-corrected chi connectivity index (χ4v) is 3.32. The van der Waals surface area contributed by atoms with E-state index in [9.17, 15) is 4.79 Å². The summed E-state index contributed by atoms with van der Waals surface area (Å²) in [7, 11) is 1.67. The maximum Gasteiger partial charge on any atom is 0.240 e. The summed E-state index contributed by atoms with van der Waals surface area (Å²) in [5.74, 6) is 0.975. The minimum Gasteiger partial charge on any atom is -0.497 e. The van der Waals surface area contributed by atoms with Crippen molar-refractivity contribution in [3.63, 3.8) is 0 Å². The Bertz CT molecular complexity index is 706. The average Bonchev–Trinajstić information content (AvgIpc) is 3.09. The molecule has 0 aliphatic carbocycles. The summed E-state index contributed by atoms with van der Waals surface area (Å²) in [6.07, 6.45) is 2.82. The number of rotatable bonds is 5. The minimum atomic E-state index is -0.371. The van der Waals surface area contributed by atoms with E-state index in [-0.39, 0.29) is 11.4 Å². The molecule has 1 amide bonds. The molecule has 2 aromatic carbocycles. The molecule has 1 fully saturated rings. The molecule has 0 radical (unpaired) electrons. The number of benzene rings is 2. The van der Waals surface area contributed by atoms with Crippen molar-refractivity contribution in [2.45, 2.75) is 38.3 Å². The van der Waals surface area contributed by atoms with Crippen LogP contribution in [-0.2, 0) is 11.3 Å². The van der Waals surface area contributed by atoms with Crippen LogP contribution in [0, 0.1) is 0 Å². The third-order valence-electron chi connectivity index (χ3n) is 4.85. The first-order chi connectivity index (χ1) is 11.2. The molecule has 1 aliphatic rings. The average molecular weight is 312 g/mol. The first kappa shape index (κ1) is 15.8. The number of methoxy groups -OCH3 is 1. The van der Waals surface area contributed by atoms with E-state index < -0.39 is 0 Å². The van der Waals surface area contributed by atoms with Crippen LogP contribution in [-0.4, -0.2) is 25.1 Å². The van der Waals surface area contributed by atoms with Crippen LogP contribution < -0.4 is 15.4 Å². The summed E-state index contributed by atoms with van der Waals surface area (Å²) in [4.78, 5) is 12.5. The van der Waals surface area contributed by atoms with Crippen molar-refractivity contribution < 1.29 is 9.53 Å². The minimum absolute atomic E-state index is 0.118. The predicted molar refractivity (Wildman–Crippen MR) is 92.6 cm³/mol. The highest BCUT2D eigenvalue weighted by molar-refractivity contribution is 5.87. The monoisotopic (exact) mass is 312 g/mol. The molecular weight excluding hydrogens is 288 g/mol. The van der Waals surface area contributed by atoms with E-state index >= 15 is 0 Å². The molecular formula is C19H24N2O2. The van der Waals surface area contributed by atoms with E-state index in [2.05, 4.69) is 35.8 Å². The zero-order valence-electron chi connectivity index (χ0n) is 13.8. The quantitative estimate of drug-likeness (QED) is 0.892. The van der Waals surface area contributed by atoms with Gasteiger partial charge in [-0.1, -0.05) is 25.1 Å². The Balaban J connectivity index is 1.70. The lowest BCUT2D eigenvalue weighted by molar-refractivity contribution is -0.127. The molecule has 0 spiro atoms. The highest BCUT2D eigenvalue weighted by Gasteiger charge is 2.38. The van der Waals surface area contributed by atoms with Gasteiger partial charge in [-0.3, -0.25) is 4.79 Å². The Morgan fingerprint density at radius 1 is 1.26 bits per heavy atom. The van der Waals surface area contributed by atoms with E-state index in [0.717, 1.165) is 47.9 Å². The normalized spacial score (nSPS) is 20.6. The number of hydrogen-bond donors (Lipinski definition) is 2. The smallest absolute Gasteiger partial charge is 0.240 e. The van der Waals surface area contributed by atoms with Gasteiger partial charge in [-0.05, 0) is 60.3 Å². The van der Waals surface area contributed by atoms with E-state index in [1.165, 1.54) is 0 Å². The fourth-order valence-electron chi connectivity index (χ4n) is 3.32. The molecule has 23 heavy (non-hydrogen) atoms. The third-order valence-corrected chi connectivity index (χ3v) is 4.85. The third kappa shape index (κ3) is 3.17. The summed E-state index contributed by atoms with van der Waals surface area (Å²) in [5, 5.41) is 8.76. The lowest BCUT2D eigenvalue weighted by Gasteiger charge is -2.26. The van der Waals surface area contributed by atoms with Gasteiger partial charge in [0.2, 0.25) is 5.91 Å². The van der Waals surface area contributed by atoms with Crippen molar-refractivity contribution in [3.8, 4) is 5.75 Å². The van der Waals surface area contributed by atoms with E-state index in [1.807, 2.05) is 18.2 Å². The van der Waals surface area contributed by atoms with Crippen LogP contribution in [0.5, 0.6) is 5.75 Å². The first-order valence-electron chi connectivity index (χ1n) is 8.27. The number of carbonyl (C=O) groups excluding carboxylic acids is 1. The molecule has 122 valence electrons. The molecule has 0 bridgehead atoms. The summed E-state index contributed by atoms with van der Waals surface area (Å²) in [6, 6.07) is 12.3. The van der Waals surface area contributed by atoms with Crippen molar-refractivity contribution in [1.82, 2.24) is 10.6 Å². The summed E-state index contributed by atoms with van der Waals surface area (Å²) < 4.78 is 5.25. The van der Waals surface area contributed by atoms with Gasteiger partial charge in [0.15, 0.2) is 0 Å². The Hall–Kier alpha value is -2.07. The van der Waals surface area contributed by atoms with Gasteiger partial charge in [0.05, 0.1) is 12.6 Å². The molecule has 1 aliphatic heterocycles. The SMILES string of the molecule is CCC1(C(=O)NCc2ccc3cc(OC)ccc3c2)CCCN1. The second-order valence-corrected chi connectivity index (χ2v) is 6.20. The van der Waals surface area contributed by atoms with Crippen molar-refractivity contribution >= 4 is 16.7 Å². The fraction of sp³-hybridized carbons (Fsp3) is 0.421. The second kappa shape index (κ2) is 6.59. The molecule has 2 N–H and O–H groups in total. The number of ether oxygens (including phenoxy) is 1. The Morgan fingerprint density at radius 2 is 2.04 bits per heavy atom. The van der Waals surface area contributed by atoms with E-state index in [4.69, 9.17) is 4.74 Å². The van der Waals surface area contributed by atoms with E-state index in [1.54, 1.807) is 7.11 Å². The highest BCUT2D eigenvalue weighted by atomic mass is 16.5. The van der Waals surface area contributed by atoms with Gasteiger partial charge in [-0.2, -0.15) is 0 Å². The van der Waals surface area contributed by atoms with Gasteiger partial charge in [0.1, 0.15) is 5.75 Å². The maximum absolute atomic E-state index is 12.5. The number of nitrogens with one attached hydrogen (secondary N) is 2. The lowest BCUT2D eigenvalue weighted by Crippen LogP contribution is -2.52. The second-order valence-electron chi connectivity index (χ2n) is 6.20. The first-order valence-corrected chi connectivity index (χ1v) is 8.27. The van der Waals surface area contributed by atoms with Crippen LogP contribution in [0.25, 0.3) is 10.8 Å². The van der Waals surface area contributed by atoms with Crippen LogP contribution in [0.2, 0.25) is 0 Å². The van der Waals surface area contributed by atoms with Gasteiger partial charge < -0.3 is 15.4 Å². The Labute approximate surface area is 137 Å². The molecule has 1 unspecified atom stereocenters. The van der Waals surface area contributed by atoms with Gasteiger partial charge in [0, 0.05) is 6.54 Å². The Kier molecular flexibility index (Phi) is 4.53. The highest BCUT2D eigenvalue weighted by Crippen LogP contribution is 2.24. The van der Waals surface area contributed by atoms with Crippen molar-refractivity contribution in [2.75, 3.05) is 13.7 Å². The molecule has 4 heteroatoms. The number of carbonyl (C=O) groups is 1. The number of hydrogen-bond acceptors (Lipinski definition) is 3. The standard InChI is InChI=1S/C19H24N2O2/c1-3-19(9-4-10-21-19)18(22)20-13-14-5-6-16-12-17(23-2)8-7-15(16)11-14/h5-8,11-12,21H,3-4,9-10,13H2,1-2H3,(H,20,22). The van der Waals surface area contributed by atoms with Crippen LogP contribution in [0.4, 0.5) is 0 Å². The molecule has 2 aromatic rings. The summed E-state index contributed by atoms with van der Waals surface area (Å²) in [5.41, 5.74) is 0.741. The van der Waals surface area contributed by atoms with E-state index in [0.29, 0.717) is 6.54 Å². The molecule has 0 saturated carbocycles. The van der Waals surface area contributed by atoms with Crippen molar-refractivity contribution in [1.29, 1.82) is 0 Å². The molecule has 0 aromatic heterocycles. The van der Waals surface area contributed by atoms with Gasteiger partial charge in [-0.25, -0.2) is 0 Å². The topological polar surface area (TPSA) is 50.4 Å². The zero-order chi connectivity index (χ0) is 16.3. The number of amides is 1. The molecule has 1 heterocycles. The maximum atomic E-state index is 12.5. The summed E-state index contributed by atoms with van der Waals surface area (Å²) in [6.45, 7) is 3.56. The zero-order valence-corrected chi connectivity index (χ0v) is 13.8. The number of fused-ring (bicyclic) bond motifs is 1. The molecule has 1 saturated heterocycles. The predicted octanol–water partition coefficient (Wildman–Crippen LogP) is 3.00. The van der Waals surface area contributed by atoms with Crippen LogP contribution >= 0.6 is 0 Å². The van der Waals surface area contributed by atoms with Gasteiger partial charge in [-0.15, -0.1) is 0 Å². The van der Waals surface area contributed by atoms with Crippen LogP contribution in [0.1, 0.15) is 31.7 Å². The van der Waals surface area contributed by atoms with Gasteiger partial charge in [0.25, 0.3) is 0 Å². The van der Waals surface area contributed by atoms with Gasteiger partial charge >= 0.3 is 0 Å². The van der Waals surface area contributed by atoms with Crippen LogP contribution in [0.3, 0.4) is 0 Å². The molecule has 3 rings (SSSR count). The van der Waals surface area contributed by atoms with Crippen molar-refractivity contribution in [2.24, 2.45) is 0 Å². The lowest BCUT2D eigenvalue weighted by atomic mass is 9.93. The Morgan fingerprint density at radius 3 is 2.74 bits per heavy atom. The van der Waals surface area contributed by atoms with Crippen molar-refractivity contribution in [3.05, 3.63) is 42.0 Å². The van der Waals surface area contributed by atoms with Crippen LogP contribution in [0.15, 0.2) is 36.4 Å². The summed E-state index contributed by atoms with van der Waals surface area (Å²) >= 11 is 0. The largest absolute Gasteiger partial charge is 0.497 e. The molecule has 4 nitrogen and oxygen atoms in total. The molecule has 1 atom stereocenters.